The van der Waals surface area contributed by atoms with Gasteiger partial charge in [0.2, 0.25) is 0 Å². The maximum Gasteiger partial charge on any atom is 0.130 e. The summed E-state index contributed by atoms with van der Waals surface area (Å²) in [6.45, 7) is 5.14. The average molecular weight is 279 g/mol. The Morgan fingerprint density at radius 3 is 2.60 bits per heavy atom. The zero-order valence-corrected chi connectivity index (χ0v) is 12.6. The molecule has 0 amide bonds. The molecule has 0 spiro atoms. The number of halogens is 1. The van der Waals surface area contributed by atoms with Crippen molar-refractivity contribution in [3.8, 4) is 0 Å². The lowest BCUT2D eigenvalue weighted by atomic mass is 10.1. The average Bonchev–Trinajstić information content (AvgIpc) is 2.93. The number of hydrogen-bond acceptors (Lipinski definition) is 2. The van der Waals surface area contributed by atoms with Crippen LogP contribution in [0.1, 0.15) is 51.5 Å². The van der Waals surface area contributed by atoms with Gasteiger partial charge < -0.3 is 10.0 Å². The third-order valence-electron chi connectivity index (χ3n) is 4.27. The molecule has 0 radical (unpaired) electrons. The van der Waals surface area contributed by atoms with Gasteiger partial charge in [0.1, 0.15) is 5.82 Å². The second-order valence-corrected chi connectivity index (χ2v) is 6.21. The van der Waals surface area contributed by atoms with Gasteiger partial charge in [-0.1, -0.05) is 32.8 Å². The summed E-state index contributed by atoms with van der Waals surface area (Å²) in [7, 11) is 0. The summed E-state index contributed by atoms with van der Waals surface area (Å²) < 4.78 is 13.9. The Hall–Kier alpha value is -1.09. The number of benzene rings is 1. The van der Waals surface area contributed by atoms with E-state index in [2.05, 4.69) is 18.7 Å². The summed E-state index contributed by atoms with van der Waals surface area (Å²) in [5.74, 6) is 0.336. The summed E-state index contributed by atoms with van der Waals surface area (Å²) in [5, 5.41) is 9.50. The summed E-state index contributed by atoms with van der Waals surface area (Å²) in [5.41, 5.74) is 1.34. The third kappa shape index (κ3) is 3.51. The molecule has 1 N–H and O–H groups in total. The molecule has 1 aliphatic carbocycles. The first kappa shape index (κ1) is 15.3. The summed E-state index contributed by atoms with van der Waals surface area (Å²) in [6, 6.07) is 5.64. The van der Waals surface area contributed by atoms with Crippen LogP contribution in [0.3, 0.4) is 0 Å². The highest BCUT2D eigenvalue weighted by Crippen LogP contribution is 2.32. The predicted molar refractivity (Wildman–Crippen MR) is 81.4 cm³/mol. The molecule has 1 aromatic rings. The maximum absolute atomic E-state index is 13.9. The molecule has 0 aliphatic heterocycles. The third-order valence-corrected chi connectivity index (χ3v) is 4.27. The number of rotatable bonds is 6. The Morgan fingerprint density at radius 2 is 2.00 bits per heavy atom. The number of aliphatic hydroxyl groups is 1. The van der Waals surface area contributed by atoms with E-state index in [9.17, 15) is 9.50 Å². The van der Waals surface area contributed by atoms with Crippen molar-refractivity contribution >= 4 is 5.69 Å². The van der Waals surface area contributed by atoms with Gasteiger partial charge in [0.05, 0.1) is 6.61 Å². The fourth-order valence-electron chi connectivity index (χ4n) is 3.09. The number of aliphatic hydroxyl groups excluding tert-OH is 1. The molecule has 0 heterocycles. The first-order valence-electron chi connectivity index (χ1n) is 7.78. The second-order valence-electron chi connectivity index (χ2n) is 6.21. The molecular formula is C17H26FNO. The van der Waals surface area contributed by atoms with Crippen LogP contribution in [0.5, 0.6) is 0 Å². The molecule has 0 unspecified atom stereocenters. The molecule has 2 rings (SSSR count). The maximum atomic E-state index is 13.9. The van der Waals surface area contributed by atoms with E-state index >= 15 is 0 Å². The van der Waals surface area contributed by atoms with E-state index in [4.69, 9.17) is 0 Å². The van der Waals surface area contributed by atoms with Crippen molar-refractivity contribution < 1.29 is 9.50 Å². The Morgan fingerprint density at radius 1 is 1.30 bits per heavy atom. The largest absolute Gasteiger partial charge is 0.391 e. The molecule has 0 aromatic heterocycles. The van der Waals surface area contributed by atoms with Gasteiger partial charge in [-0.05, 0) is 37.3 Å². The van der Waals surface area contributed by atoms with Crippen LogP contribution < -0.4 is 4.90 Å². The van der Waals surface area contributed by atoms with Gasteiger partial charge in [-0.3, -0.25) is 0 Å². The molecule has 3 heteroatoms. The zero-order chi connectivity index (χ0) is 14.5. The standard InChI is InChI=1S/C17H26FNO/c1-13(2)10-11-19(14-6-3-4-7-14)17-9-5-8-16(18)15(17)12-20/h5,8-9,13-14,20H,3-4,6-7,10-12H2,1-2H3. The lowest BCUT2D eigenvalue weighted by molar-refractivity contribution is 0.275. The van der Waals surface area contributed by atoms with Crippen LogP contribution in [0.25, 0.3) is 0 Å². The fourth-order valence-corrected chi connectivity index (χ4v) is 3.09. The van der Waals surface area contributed by atoms with E-state index in [1.807, 2.05) is 6.07 Å². The molecule has 0 bridgehead atoms. The van der Waals surface area contributed by atoms with E-state index in [0.29, 0.717) is 17.5 Å². The van der Waals surface area contributed by atoms with E-state index in [1.165, 1.54) is 31.7 Å². The minimum atomic E-state index is -0.294. The van der Waals surface area contributed by atoms with Gasteiger partial charge in [0, 0.05) is 23.8 Å². The lowest BCUT2D eigenvalue weighted by Crippen LogP contribution is -2.35. The van der Waals surface area contributed by atoms with Crippen LogP contribution in [0.4, 0.5) is 10.1 Å². The molecular weight excluding hydrogens is 253 g/mol. The Bertz CT molecular complexity index is 427. The van der Waals surface area contributed by atoms with Gasteiger partial charge >= 0.3 is 0 Å². The van der Waals surface area contributed by atoms with Crippen LogP contribution in [0.2, 0.25) is 0 Å². The summed E-state index contributed by atoms with van der Waals surface area (Å²) in [4.78, 5) is 2.33. The van der Waals surface area contributed by atoms with E-state index in [-0.39, 0.29) is 12.4 Å². The minimum absolute atomic E-state index is 0.229. The molecule has 1 saturated carbocycles. The molecule has 0 saturated heterocycles. The predicted octanol–water partition coefficient (Wildman–Crippen LogP) is 4.11. The first-order chi connectivity index (χ1) is 9.63. The van der Waals surface area contributed by atoms with Crippen LogP contribution in [-0.4, -0.2) is 17.7 Å². The smallest absolute Gasteiger partial charge is 0.130 e. The minimum Gasteiger partial charge on any atom is -0.391 e. The Kier molecular flexibility index (Phi) is 5.41. The van der Waals surface area contributed by atoms with Crippen LogP contribution in [0, 0.1) is 11.7 Å². The van der Waals surface area contributed by atoms with Crippen molar-refractivity contribution in [1.29, 1.82) is 0 Å². The highest BCUT2D eigenvalue weighted by atomic mass is 19.1. The summed E-state index contributed by atoms with van der Waals surface area (Å²) in [6.07, 6.45) is 5.97. The molecule has 1 aromatic carbocycles. The number of hydrogen-bond donors (Lipinski definition) is 1. The van der Waals surface area contributed by atoms with Gasteiger partial charge in [-0.15, -0.1) is 0 Å². The molecule has 1 fully saturated rings. The van der Waals surface area contributed by atoms with E-state index < -0.39 is 0 Å². The van der Waals surface area contributed by atoms with Gasteiger partial charge in [0.15, 0.2) is 0 Å². The Labute approximate surface area is 121 Å². The van der Waals surface area contributed by atoms with E-state index in [1.54, 1.807) is 6.07 Å². The summed E-state index contributed by atoms with van der Waals surface area (Å²) >= 11 is 0. The fraction of sp³-hybridized carbons (Fsp3) is 0.647. The van der Waals surface area contributed by atoms with Gasteiger partial charge in [-0.25, -0.2) is 4.39 Å². The monoisotopic (exact) mass is 279 g/mol. The molecule has 20 heavy (non-hydrogen) atoms. The van der Waals surface area contributed by atoms with Crippen molar-refractivity contribution in [3.05, 3.63) is 29.6 Å². The SMILES string of the molecule is CC(C)CCN(c1cccc(F)c1CO)C1CCCC1. The van der Waals surface area contributed by atoms with Crippen molar-refractivity contribution in [2.24, 2.45) is 5.92 Å². The van der Waals surface area contributed by atoms with Crippen molar-refractivity contribution in [3.63, 3.8) is 0 Å². The number of nitrogens with zero attached hydrogens (tertiary/aromatic N) is 1. The van der Waals surface area contributed by atoms with Crippen LogP contribution in [-0.2, 0) is 6.61 Å². The normalized spacial score (nSPS) is 16.1. The van der Waals surface area contributed by atoms with Crippen molar-refractivity contribution in [2.45, 2.75) is 58.6 Å². The van der Waals surface area contributed by atoms with Crippen molar-refractivity contribution in [2.75, 3.05) is 11.4 Å². The second kappa shape index (κ2) is 7.07. The lowest BCUT2D eigenvalue weighted by Gasteiger charge is -2.33. The molecule has 2 nitrogen and oxygen atoms in total. The highest BCUT2D eigenvalue weighted by molar-refractivity contribution is 5.55. The molecule has 112 valence electrons. The quantitative estimate of drug-likeness (QED) is 0.847. The van der Waals surface area contributed by atoms with Crippen molar-refractivity contribution in [1.82, 2.24) is 0 Å². The Balaban J connectivity index is 2.27. The topological polar surface area (TPSA) is 23.5 Å². The van der Waals surface area contributed by atoms with Crippen LogP contribution >= 0.6 is 0 Å². The van der Waals surface area contributed by atoms with Gasteiger partial charge in [-0.2, -0.15) is 0 Å². The number of anilines is 1. The molecule has 1 aliphatic rings. The zero-order valence-electron chi connectivity index (χ0n) is 12.6. The van der Waals surface area contributed by atoms with E-state index in [0.717, 1.165) is 18.7 Å². The van der Waals surface area contributed by atoms with Gasteiger partial charge in [0.25, 0.3) is 0 Å². The highest BCUT2D eigenvalue weighted by Gasteiger charge is 2.25. The van der Waals surface area contributed by atoms with Crippen LogP contribution in [0.15, 0.2) is 18.2 Å². The molecule has 0 atom stereocenters. The first-order valence-corrected chi connectivity index (χ1v) is 7.78.